The number of hydrogen-bond acceptors (Lipinski definition) is 3. The van der Waals surface area contributed by atoms with Crippen molar-refractivity contribution in [3.8, 4) is 0 Å². The number of sulfonamides is 1. The van der Waals surface area contributed by atoms with E-state index in [9.17, 15) is 17.2 Å². The van der Waals surface area contributed by atoms with Gasteiger partial charge < -0.3 is 10.1 Å². The van der Waals surface area contributed by atoms with Crippen LogP contribution in [0.25, 0.3) is 0 Å². The Kier molecular flexibility index (Phi) is 3.77. The van der Waals surface area contributed by atoms with Gasteiger partial charge in [-0.1, -0.05) is 0 Å². The molecule has 1 atom stereocenters. The Morgan fingerprint density at radius 1 is 1.53 bits per heavy atom. The van der Waals surface area contributed by atoms with Crippen LogP contribution in [0.3, 0.4) is 0 Å². The van der Waals surface area contributed by atoms with E-state index in [-0.39, 0.29) is 4.90 Å². The fraction of sp³-hybridized carbons (Fsp3) is 0.429. The maximum Gasteiger partial charge on any atom is 0.265 e. The van der Waals surface area contributed by atoms with Crippen molar-refractivity contribution in [1.82, 2.24) is 9.71 Å². The second-order valence-electron chi connectivity index (χ2n) is 2.80. The summed E-state index contributed by atoms with van der Waals surface area (Å²) in [6.07, 6.45) is -2.38. The van der Waals surface area contributed by atoms with Crippen LogP contribution in [-0.4, -0.2) is 37.6 Å². The van der Waals surface area contributed by atoms with Gasteiger partial charge in [-0.3, -0.25) is 0 Å². The molecule has 0 radical (unpaired) electrons. The van der Waals surface area contributed by atoms with Crippen LogP contribution in [0.1, 0.15) is 0 Å². The van der Waals surface area contributed by atoms with Gasteiger partial charge in [0.25, 0.3) is 6.43 Å². The van der Waals surface area contributed by atoms with Crippen molar-refractivity contribution in [1.29, 1.82) is 0 Å². The summed E-state index contributed by atoms with van der Waals surface area (Å²) in [7, 11) is -3.82. The van der Waals surface area contributed by atoms with E-state index in [1.807, 2.05) is 4.72 Å². The zero-order chi connectivity index (χ0) is 11.5. The summed E-state index contributed by atoms with van der Waals surface area (Å²) < 4.78 is 48.2. The molecule has 0 fully saturated rings. The van der Waals surface area contributed by atoms with E-state index in [0.29, 0.717) is 0 Å². The van der Waals surface area contributed by atoms with E-state index < -0.39 is 29.1 Å². The van der Waals surface area contributed by atoms with Gasteiger partial charge >= 0.3 is 0 Å². The van der Waals surface area contributed by atoms with E-state index in [1.165, 1.54) is 18.5 Å². The predicted octanol–water partition coefficient (Wildman–Crippen LogP) is -0.0810. The molecule has 0 aliphatic rings. The maximum atomic E-state index is 11.9. The third kappa shape index (κ3) is 3.26. The van der Waals surface area contributed by atoms with Crippen molar-refractivity contribution in [2.45, 2.75) is 17.4 Å². The van der Waals surface area contributed by atoms with Crippen molar-refractivity contribution in [3.05, 3.63) is 18.5 Å². The van der Waals surface area contributed by atoms with Crippen molar-refractivity contribution < 1.29 is 22.3 Å². The standard InChI is InChI=1S/C7H10F2N2O3S/c8-7(9)6(12)4-11-15(13,14)5-1-2-10-3-5/h1-3,6-7,10-12H,4H2. The number of halogens is 2. The monoisotopic (exact) mass is 240 g/mol. The largest absolute Gasteiger partial charge is 0.386 e. The van der Waals surface area contributed by atoms with Crippen molar-refractivity contribution in [2.24, 2.45) is 0 Å². The topological polar surface area (TPSA) is 82.2 Å². The van der Waals surface area contributed by atoms with Crippen LogP contribution in [0.5, 0.6) is 0 Å². The number of hydrogen-bond donors (Lipinski definition) is 3. The molecule has 0 saturated heterocycles. The van der Waals surface area contributed by atoms with E-state index >= 15 is 0 Å². The van der Waals surface area contributed by atoms with Crippen LogP contribution in [-0.2, 0) is 10.0 Å². The molecule has 0 aliphatic heterocycles. The lowest BCUT2D eigenvalue weighted by Crippen LogP contribution is -2.35. The van der Waals surface area contributed by atoms with Gasteiger partial charge in [0, 0.05) is 18.9 Å². The number of H-pyrrole nitrogens is 1. The molecule has 1 aromatic rings. The molecule has 3 N–H and O–H groups in total. The van der Waals surface area contributed by atoms with Crippen LogP contribution in [0.15, 0.2) is 23.4 Å². The molecule has 0 spiro atoms. The molecule has 0 aromatic carbocycles. The number of aromatic amines is 1. The first-order valence-electron chi connectivity index (χ1n) is 4.02. The zero-order valence-electron chi connectivity index (χ0n) is 7.52. The Bertz CT molecular complexity index is 390. The summed E-state index contributed by atoms with van der Waals surface area (Å²) in [4.78, 5) is 2.45. The van der Waals surface area contributed by atoms with Gasteiger partial charge in [0.1, 0.15) is 6.10 Å². The highest BCUT2D eigenvalue weighted by Gasteiger charge is 2.21. The highest BCUT2D eigenvalue weighted by Crippen LogP contribution is 2.07. The van der Waals surface area contributed by atoms with Crippen molar-refractivity contribution >= 4 is 10.0 Å². The van der Waals surface area contributed by atoms with Gasteiger partial charge in [-0.15, -0.1) is 0 Å². The summed E-state index contributed by atoms with van der Waals surface area (Å²) in [5.74, 6) is 0. The normalized spacial score (nSPS) is 14.4. The molecule has 5 nitrogen and oxygen atoms in total. The molecule has 0 saturated carbocycles. The summed E-state index contributed by atoms with van der Waals surface area (Å²) in [6.45, 7) is -0.717. The minimum atomic E-state index is -3.82. The molecular formula is C7H10F2N2O3S. The maximum absolute atomic E-state index is 11.9. The fourth-order valence-electron chi connectivity index (χ4n) is 0.843. The predicted molar refractivity (Wildman–Crippen MR) is 48.0 cm³/mol. The Labute approximate surface area is 85.2 Å². The van der Waals surface area contributed by atoms with Gasteiger partial charge in [0.2, 0.25) is 10.0 Å². The first-order valence-corrected chi connectivity index (χ1v) is 5.50. The lowest BCUT2D eigenvalue weighted by atomic mass is 10.4. The van der Waals surface area contributed by atoms with Crippen molar-refractivity contribution in [3.63, 3.8) is 0 Å². The van der Waals surface area contributed by atoms with Gasteiger partial charge in [-0.05, 0) is 6.07 Å². The summed E-state index contributed by atoms with van der Waals surface area (Å²) in [5, 5.41) is 8.70. The fourth-order valence-corrected chi connectivity index (χ4v) is 1.87. The van der Waals surface area contributed by atoms with Crippen LogP contribution in [0, 0.1) is 0 Å². The molecule has 1 heterocycles. The average molecular weight is 240 g/mol. The average Bonchev–Trinajstić information content (AvgIpc) is 2.67. The van der Waals surface area contributed by atoms with Crippen LogP contribution < -0.4 is 4.72 Å². The van der Waals surface area contributed by atoms with E-state index in [1.54, 1.807) is 0 Å². The Morgan fingerprint density at radius 3 is 2.67 bits per heavy atom. The molecule has 0 bridgehead atoms. The first-order chi connectivity index (χ1) is 6.93. The number of nitrogens with one attached hydrogen (secondary N) is 2. The Balaban J connectivity index is 2.59. The van der Waals surface area contributed by atoms with Gasteiger partial charge in [0.05, 0.1) is 4.90 Å². The molecule has 8 heteroatoms. The van der Waals surface area contributed by atoms with Gasteiger partial charge in [-0.25, -0.2) is 21.9 Å². The SMILES string of the molecule is O=S(=O)(NCC(O)C(F)F)c1cc[nH]c1. The van der Waals surface area contributed by atoms with Gasteiger partial charge in [0.15, 0.2) is 0 Å². The molecule has 1 rings (SSSR count). The lowest BCUT2D eigenvalue weighted by molar-refractivity contribution is -0.000451. The molecule has 0 aliphatic carbocycles. The second-order valence-corrected chi connectivity index (χ2v) is 4.57. The smallest absolute Gasteiger partial charge is 0.265 e. The van der Waals surface area contributed by atoms with Gasteiger partial charge in [-0.2, -0.15) is 0 Å². The first kappa shape index (κ1) is 12.1. The highest BCUT2D eigenvalue weighted by molar-refractivity contribution is 7.89. The molecule has 86 valence electrons. The number of aliphatic hydroxyl groups excluding tert-OH is 1. The number of rotatable bonds is 5. The summed E-state index contributed by atoms with van der Waals surface area (Å²) in [5.41, 5.74) is 0. The quantitative estimate of drug-likeness (QED) is 0.673. The Morgan fingerprint density at radius 2 is 2.20 bits per heavy atom. The van der Waals surface area contributed by atoms with Crippen LogP contribution in [0.2, 0.25) is 0 Å². The minimum absolute atomic E-state index is 0.0658. The lowest BCUT2D eigenvalue weighted by Gasteiger charge is -2.10. The number of aromatic nitrogens is 1. The zero-order valence-corrected chi connectivity index (χ0v) is 8.34. The van der Waals surface area contributed by atoms with E-state index in [0.717, 1.165) is 0 Å². The van der Waals surface area contributed by atoms with Crippen molar-refractivity contribution in [2.75, 3.05) is 6.54 Å². The van der Waals surface area contributed by atoms with E-state index in [2.05, 4.69) is 4.98 Å². The van der Waals surface area contributed by atoms with Crippen LogP contribution >= 0.6 is 0 Å². The summed E-state index contributed by atoms with van der Waals surface area (Å²) in [6, 6.07) is 1.27. The molecule has 1 aromatic heterocycles. The van der Waals surface area contributed by atoms with Crippen LogP contribution in [0.4, 0.5) is 8.78 Å². The highest BCUT2D eigenvalue weighted by atomic mass is 32.2. The second kappa shape index (κ2) is 4.69. The Hall–Kier alpha value is -0.990. The third-order valence-corrected chi connectivity index (χ3v) is 3.07. The summed E-state index contributed by atoms with van der Waals surface area (Å²) >= 11 is 0. The minimum Gasteiger partial charge on any atom is -0.386 e. The van der Waals surface area contributed by atoms with E-state index in [4.69, 9.17) is 5.11 Å². The molecular weight excluding hydrogens is 230 g/mol. The molecule has 0 amide bonds. The number of alkyl halides is 2. The third-order valence-electron chi connectivity index (χ3n) is 1.65. The molecule has 1 unspecified atom stereocenters. The number of aliphatic hydroxyl groups is 1. The molecule has 15 heavy (non-hydrogen) atoms.